The first-order valence-corrected chi connectivity index (χ1v) is 12.9. The Balaban J connectivity index is 1.48. The zero-order valence-electron chi connectivity index (χ0n) is 21.3. The first-order valence-electron chi connectivity index (χ1n) is 12.9. The number of benzene rings is 2. The molecule has 2 aromatic carbocycles. The molecule has 37 heavy (non-hydrogen) atoms. The summed E-state index contributed by atoms with van der Waals surface area (Å²) in [6, 6.07) is 22.6. The van der Waals surface area contributed by atoms with Gasteiger partial charge in [0.15, 0.2) is 0 Å². The molecule has 0 bridgehead atoms. The largest absolute Gasteiger partial charge is 0.467 e. The van der Waals surface area contributed by atoms with Gasteiger partial charge in [0.2, 0.25) is 5.91 Å². The quantitative estimate of drug-likeness (QED) is 0.307. The molecule has 1 unspecified atom stereocenters. The Kier molecular flexibility index (Phi) is 7.12. The molecule has 4 aromatic rings. The number of amides is 3. The van der Waals surface area contributed by atoms with E-state index in [4.69, 9.17) is 4.42 Å². The molecule has 1 aliphatic heterocycles. The lowest BCUT2D eigenvalue weighted by Gasteiger charge is -2.38. The normalized spacial score (nSPS) is 14.1. The summed E-state index contributed by atoms with van der Waals surface area (Å²) in [6.45, 7) is 4.57. The topological polar surface area (TPSA) is 70.7 Å². The number of carbonyl (C=O) groups is 2. The smallest absolute Gasteiger partial charge is 0.322 e. The predicted molar refractivity (Wildman–Crippen MR) is 145 cm³/mol. The second-order valence-corrected chi connectivity index (χ2v) is 9.19. The minimum absolute atomic E-state index is 0.0492. The van der Waals surface area contributed by atoms with E-state index in [-0.39, 0.29) is 18.5 Å². The highest BCUT2D eigenvalue weighted by Gasteiger charge is 2.38. The highest BCUT2D eigenvalue weighted by atomic mass is 16.3. The molecule has 3 heterocycles. The van der Waals surface area contributed by atoms with Gasteiger partial charge in [-0.25, -0.2) is 4.79 Å². The van der Waals surface area contributed by atoms with Crippen molar-refractivity contribution in [3.05, 3.63) is 102 Å². The maximum absolute atomic E-state index is 14.1. The van der Waals surface area contributed by atoms with Crippen LogP contribution < -0.4 is 10.2 Å². The van der Waals surface area contributed by atoms with Crippen LogP contribution in [-0.2, 0) is 11.2 Å². The van der Waals surface area contributed by atoms with E-state index in [1.54, 1.807) is 16.1 Å². The molecule has 0 aliphatic carbocycles. The van der Waals surface area contributed by atoms with Gasteiger partial charge < -0.3 is 19.2 Å². The first kappa shape index (κ1) is 24.4. The number of rotatable bonds is 8. The first-order chi connectivity index (χ1) is 18.1. The maximum Gasteiger partial charge on any atom is 0.322 e. The summed E-state index contributed by atoms with van der Waals surface area (Å²) < 4.78 is 7.91. The highest BCUT2D eigenvalue weighted by molar-refractivity contribution is 6.01. The maximum atomic E-state index is 14.1. The van der Waals surface area contributed by atoms with Crippen LogP contribution in [0.2, 0.25) is 0 Å². The Labute approximate surface area is 217 Å². The molecule has 1 N–H and O–H groups in total. The summed E-state index contributed by atoms with van der Waals surface area (Å²) in [4.78, 5) is 30.9. The fourth-order valence-electron chi connectivity index (χ4n) is 4.96. The summed E-state index contributed by atoms with van der Waals surface area (Å²) >= 11 is 0. The van der Waals surface area contributed by atoms with E-state index >= 15 is 0 Å². The van der Waals surface area contributed by atoms with Crippen LogP contribution in [0.3, 0.4) is 0 Å². The molecule has 0 spiro atoms. The number of aromatic nitrogens is 1. The second-order valence-electron chi connectivity index (χ2n) is 9.19. The molecule has 190 valence electrons. The standard InChI is InChI=1S/C30H32N4O3/c1-3-5-18-32(30(36)31-23-13-7-6-12-22(23)4-2)21-28(35)34-25-15-9-8-14-24(25)33-19-10-16-26(33)29(34)27-17-11-20-37-27/h6-17,19-20,29H,3-5,18,21H2,1-2H3,(H,31,36). The van der Waals surface area contributed by atoms with Gasteiger partial charge in [0.05, 0.1) is 23.3 Å². The van der Waals surface area contributed by atoms with Crippen LogP contribution in [-0.4, -0.2) is 34.5 Å². The van der Waals surface area contributed by atoms with Crippen LogP contribution >= 0.6 is 0 Å². The van der Waals surface area contributed by atoms with Gasteiger partial charge >= 0.3 is 6.03 Å². The summed E-state index contributed by atoms with van der Waals surface area (Å²) in [7, 11) is 0. The van der Waals surface area contributed by atoms with E-state index in [0.717, 1.165) is 47.6 Å². The number of carbonyl (C=O) groups excluding carboxylic acids is 2. The van der Waals surface area contributed by atoms with Crippen molar-refractivity contribution in [2.45, 2.75) is 39.2 Å². The molecule has 1 aliphatic rings. The number of aryl methyl sites for hydroxylation is 1. The molecule has 0 saturated heterocycles. The van der Waals surface area contributed by atoms with Crippen molar-refractivity contribution in [3.63, 3.8) is 0 Å². The van der Waals surface area contributed by atoms with Gasteiger partial charge in [-0.2, -0.15) is 0 Å². The SMILES string of the molecule is CCCCN(CC(=O)N1c2ccccc2-n2cccc2C1c1ccco1)C(=O)Nc1ccccc1CC. The summed E-state index contributed by atoms with van der Waals surface area (Å²) in [6.07, 6.45) is 6.14. The molecule has 7 nitrogen and oxygen atoms in total. The van der Waals surface area contributed by atoms with Crippen molar-refractivity contribution in [2.75, 3.05) is 23.3 Å². The van der Waals surface area contributed by atoms with E-state index in [9.17, 15) is 9.59 Å². The zero-order valence-corrected chi connectivity index (χ0v) is 21.3. The van der Waals surface area contributed by atoms with Crippen LogP contribution in [0.4, 0.5) is 16.2 Å². The Bertz CT molecular complexity index is 1380. The van der Waals surface area contributed by atoms with Gasteiger partial charge in [-0.1, -0.05) is 50.6 Å². The Hall–Kier alpha value is -4.26. The lowest BCUT2D eigenvalue weighted by atomic mass is 10.0. The fraction of sp³-hybridized carbons (Fsp3) is 0.267. The molecule has 5 rings (SSSR count). The predicted octanol–water partition coefficient (Wildman–Crippen LogP) is 6.40. The minimum Gasteiger partial charge on any atom is -0.467 e. The number of fused-ring (bicyclic) bond motifs is 3. The number of unbranched alkanes of at least 4 members (excludes halogenated alkanes) is 1. The number of nitrogens with one attached hydrogen (secondary N) is 1. The number of para-hydroxylation sites is 3. The lowest BCUT2D eigenvalue weighted by molar-refractivity contribution is -0.119. The lowest BCUT2D eigenvalue weighted by Crippen LogP contribution is -2.48. The van der Waals surface area contributed by atoms with Gasteiger partial charge in [-0.3, -0.25) is 9.69 Å². The van der Waals surface area contributed by atoms with Crippen LogP contribution in [0.1, 0.15) is 49.7 Å². The van der Waals surface area contributed by atoms with Gasteiger partial charge in [0.1, 0.15) is 18.3 Å². The monoisotopic (exact) mass is 496 g/mol. The zero-order chi connectivity index (χ0) is 25.8. The van der Waals surface area contributed by atoms with Crippen molar-refractivity contribution in [2.24, 2.45) is 0 Å². The molecule has 1 atom stereocenters. The third-order valence-electron chi connectivity index (χ3n) is 6.84. The third-order valence-corrected chi connectivity index (χ3v) is 6.84. The van der Waals surface area contributed by atoms with Crippen LogP contribution in [0, 0.1) is 0 Å². The van der Waals surface area contributed by atoms with E-state index < -0.39 is 6.04 Å². The molecular weight excluding hydrogens is 464 g/mol. The van der Waals surface area contributed by atoms with Crippen molar-refractivity contribution >= 4 is 23.3 Å². The molecule has 3 amide bonds. The Morgan fingerprint density at radius 1 is 0.946 bits per heavy atom. The van der Waals surface area contributed by atoms with E-state index in [0.29, 0.717) is 12.3 Å². The van der Waals surface area contributed by atoms with E-state index in [1.165, 1.54) is 0 Å². The molecule has 7 heteroatoms. The molecule has 0 fully saturated rings. The van der Waals surface area contributed by atoms with Gasteiger partial charge in [0.25, 0.3) is 0 Å². The summed E-state index contributed by atoms with van der Waals surface area (Å²) in [5.41, 5.74) is 4.47. The van der Waals surface area contributed by atoms with Crippen molar-refractivity contribution in [3.8, 4) is 5.69 Å². The highest BCUT2D eigenvalue weighted by Crippen LogP contribution is 2.42. The fourth-order valence-corrected chi connectivity index (χ4v) is 4.96. The summed E-state index contributed by atoms with van der Waals surface area (Å²) in [5, 5.41) is 3.04. The Morgan fingerprint density at radius 2 is 1.73 bits per heavy atom. The van der Waals surface area contributed by atoms with Gasteiger partial charge in [0, 0.05) is 18.4 Å². The number of urea groups is 1. The number of anilines is 2. The van der Waals surface area contributed by atoms with Crippen molar-refractivity contribution in [1.82, 2.24) is 9.47 Å². The van der Waals surface area contributed by atoms with E-state index in [2.05, 4.69) is 23.7 Å². The summed E-state index contributed by atoms with van der Waals surface area (Å²) in [5.74, 6) is 0.501. The van der Waals surface area contributed by atoms with Crippen LogP contribution in [0.15, 0.2) is 89.7 Å². The molecule has 0 saturated carbocycles. The molecular formula is C30H32N4O3. The number of nitrogens with zero attached hydrogens (tertiary/aromatic N) is 3. The van der Waals surface area contributed by atoms with E-state index in [1.807, 2.05) is 79.0 Å². The minimum atomic E-state index is -0.440. The number of hydrogen-bond donors (Lipinski definition) is 1. The van der Waals surface area contributed by atoms with Gasteiger partial charge in [-0.15, -0.1) is 0 Å². The van der Waals surface area contributed by atoms with Crippen LogP contribution in [0.5, 0.6) is 0 Å². The van der Waals surface area contributed by atoms with Crippen LogP contribution in [0.25, 0.3) is 5.69 Å². The number of hydrogen-bond acceptors (Lipinski definition) is 3. The van der Waals surface area contributed by atoms with Gasteiger partial charge in [-0.05, 0) is 60.9 Å². The van der Waals surface area contributed by atoms with Crippen molar-refractivity contribution in [1.29, 1.82) is 0 Å². The third kappa shape index (κ3) is 4.77. The molecule has 0 radical (unpaired) electrons. The average molecular weight is 497 g/mol. The van der Waals surface area contributed by atoms with Crippen molar-refractivity contribution < 1.29 is 14.0 Å². The second kappa shape index (κ2) is 10.8. The molecule has 2 aromatic heterocycles. The number of furan rings is 1. The Morgan fingerprint density at radius 3 is 2.49 bits per heavy atom. The average Bonchev–Trinajstić information content (AvgIpc) is 3.63.